The first-order valence-corrected chi connectivity index (χ1v) is 6.81. The van der Waals surface area contributed by atoms with E-state index < -0.39 is 11.7 Å². The van der Waals surface area contributed by atoms with Crippen LogP contribution >= 0.6 is 11.6 Å². The lowest BCUT2D eigenvalue weighted by atomic mass is 9.83. The highest BCUT2D eigenvalue weighted by Gasteiger charge is 2.33. The maximum Gasteiger partial charge on any atom is 0.205 e. The highest BCUT2D eigenvalue weighted by Crippen LogP contribution is 2.45. The molecule has 1 aliphatic rings. The topological polar surface area (TPSA) is 85.1 Å². The Morgan fingerprint density at radius 2 is 2.00 bits per heavy atom. The third-order valence-corrected chi connectivity index (χ3v) is 3.86. The van der Waals surface area contributed by atoms with Crippen LogP contribution in [0.15, 0.2) is 47.9 Å². The second-order valence-electron chi connectivity index (χ2n) is 4.86. The number of ether oxygens (including phenoxy) is 1. The molecule has 4 nitrogen and oxygen atoms in total. The van der Waals surface area contributed by atoms with Crippen molar-refractivity contribution in [3.8, 4) is 11.8 Å². The molecule has 1 aliphatic heterocycles. The summed E-state index contributed by atoms with van der Waals surface area (Å²) in [5.41, 5.74) is 12.9. The summed E-state index contributed by atoms with van der Waals surface area (Å²) in [7, 11) is 0. The zero-order chi connectivity index (χ0) is 15.9. The van der Waals surface area contributed by atoms with Gasteiger partial charge in [-0.3, -0.25) is 0 Å². The first kappa shape index (κ1) is 14.2. The lowest BCUT2D eigenvalue weighted by Crippen LogP contribution is -2.22. The Balaban J connectivity index is 2.31. The molecular formula is C16H11ClFN3O. The molecule has 0 aromatic heterocycles. The van der Waals surface area contributed by atoms with Gasteiger partial charge in [0.15, 0.2) is 0 Å². The van der Waals surface area contributed by atoms with E-state index in [1.54, 1.807) is 24.3 Å². The maximum atomic E-state index is 14.3. The number of nitrogens with two attached hydrogens (primary N) is 2. The van der Waals surface area contributed by atoms with Crippen LogP contribution in [0.25, 0.3) is 0 Å². The van der Waals surface area contributed by atoms with Gasteiger partial charge in [-0.05, 0) is 18.2 Å². The minimum atomic E-state index is -0.733. The number of hydrogen-bond donors (Lipinski definition) is 2. The average Bonchev–Trinajstić information content (AvgIpc) is 2.46. The largest absolute Gasteiger partial charge is 0.440 e. The molecule has 0 unspecified atom stereocenters. The molecule has 0 aliphatic carbocycles. The van der Waals surface area contributed by atoms with Gasteiger partial charge in [-0.1, -0.05) is 23.7 Å². The van der Waals surface area contributed by atoms with Crippen molar-refractivity contribution in [1.29, 1.82) is 5.26 Å². The second-order valence-corrected chi connectivity index (χ2v) is 5.26. The van der Waals surface area contributed by atoms with Crippen molar-refractivity contribution in [2.75, 3.05) is 5.73 Å². The van der Waals surface area contributed by atoms with Gasteiger partial charge in [0.1, 0.15) is 23.2 Å². The predicted octanol–water partition coefficient (Wildman–Crippen LogP) is 3.28. The number of nitrogens with zero attached hydrogens (tertiary/aromatic N) is 1. The van der Waals surface area contributed by atoms with Crippen molar-refractivity contribution in [3.05, 3.63) is 69.8 Å². The van der Waals surface area contributed by atoms with Crippen molar-refractivity contribution in [1.82, 2.24) is 0 Å². The van der Waals surface area contributed by atoms with Crippen LogP contribution in [-0.2, 0) is 0 Å². The number of anilines is 1. The first-order valence-electron chi connectivity index (χ1n) is 6.44. The molecule has 0 amide bonds. The van der Waals surface area contributed by atoms with Crippen LogP contribution in [-0.4, -0.2) is 0 Å². The Morgan fingerprint density at radius 3 is 2.68 bits per heavy atom. The zero-order valence-corrected chi connectivity index (χ0v) is 12.1. The third kappa shape index (κ3) is 2.14. The number of allylic oxidation sites excluding steroid dienone is 1. The van der Waals surface area contributed by atoms with E-state index in [1.807, 2.05) is 6.07 Å². The Morgan fingerprint density at radius 1 is 1.23 bits per heavy atom. The van der Waals surface area contributed by atoms with Gasteiger partial charge in [-0.25, -0.2) is 4.39 Å². The molecule has 0 spiro atoms. The molecule has 0 saturated heterocycles. The van der Waals surface area contributed by atoms with Crippen molar-refractivity contribution in [2.24, 2.45) is 5.73 Å². The summed E-state index contributed by atoms with van der Waals surface area (Å²) < 4.78 is 19.8. The molecule has 0 fully saturated rings. The lowest BCUT2D eigenvalue weighted by Gasteiger charge is -2.27. The lowest BCUT2D eigenvalue weighted by molar-refractivity contribution is 0.393. The molecule has 0 saturated carbocycles. The van der Waals surface area contributed by atoms with Crippen molar-refractivity contribution in [3.63, 3.8) is 0 Å². The number of nitriles is 1. The molecule has 2 aromatic carbocycles. The molecule has 4 N–H and O–H groups in total. The zero-order valence-electron chi connectivity index (χ0n) is 11.3. The number of nitrogen functional groups attached to an aromatic ring is 1. The Bertz CT molecular complexity index is 822. The monoisotopic (exact) mass is 315 g/mol. The summed E-state index contributed by atoms with van der Waals surface area (Å²) in [6.45, 7) is 0. The first-order chi connectivity index (χ1) is 10.5. The fourth-order valence-corrected chi connectivity index (χ4v) is 2.83. The highest BCUT2D eigenvalue weighted by molar-refractivity contribution is 6.31. The minimum absolute atomic E-state index is 0.0788. The van der Waals surface area contributed by atoms with Gasteiger partial charge in [-0.2, -0.15) is 5.26 Å². The van der Waals surface area contributed by atoms with Gasteiger partial charge in [0.05, 0.1) is 5.92 Å². The van der Waals surface area contributed by atoms with Crippen LogP contribution in [0.3, 0.4) is 0 Å². The minimum Gasteiger partial charge on any atom is -0.440 e. The normalized spacial score (nSPS) is 16.7. The molecule has 2 aromatic rings. The molecule has 3 rings (SSSR count). The number of halogens is 2. The van der Waals surface area contributed by atoms with Gasteiger partial charge in [0.25, 0.3) is 0 Å². The van der Waals surface area contributed by atoms with Crippen LogP contribution in [0.1, 0.15) is 17.0 Å². The molecule has 110 valence electrons. The van der Waals surface area contributed by atoms with Gasteiger partial charge in [0, 0.05) is 27.9 Å². The molecule has 6 heteroatoms. The summed E-state index contributed by atoms with van der Waals surface area (Å²) in [6, 6.07) is 11.3. The van der Waals surface area contributed by atoms with E-state index in [9.17, 15) is 9.65 Å². The number of fused-ring (bicyclic) bond motifs is 1. The Kier molecular flexibility index (Phi) is 3.39. The summed E-state index contributed by atoms with van der Waals surface area (Å²) >= 11 is 6.15. The van der Waals surface area contributed by atoms with E-state index in [0.29, 0.717) is 17.0 Å². The quantitative estimate of drug-likeness (QED) is 0.791. The fraction of sp³-hybridized carbons (Fsp3) is 0.0625. The fourth-order valence-electron chi connectivity index (χ4n) is 2.56. The molecule has 22 heavy (non-hydrogen) atoms. The standard InChI is InChI=1S/C16H11ClFN3O/c17-11-2-1-3-12(18)15(11)14-9-5-4-8(20)6-13(9)22-16(21)10(14)7-19/h1-6,14H,20-21H2/t14-/m0/s1. The second kappa shape index (κ2) is 5.24. The number of hydrogen-bond acceptors (Lipinski definition) is 4. The summed E-state index contributed by atoms with van der Waals surface area (Å²) in [5.74, 6) is -0.934. The van der Waals surface area contributed by atoms with E-state index in [0.717, 1.165) is 0 Å². The Labute approximate surface area is 131 Å². The third-order valence-electron chi connectivity index (χ3n) is 3.53. The van der Waals surface area contributed by atoms with E-state index >= 15 is 0 Å². The van der Waals surface area contributed by atoms with Crippen molar-refractivity contribution < 1.29 is 9.13 Å². The Hall–Kier alpha value is -2.71. The molecule has 0 bridgehead atoms. The SMILES string of the molecule is N#CC1=C(N)Oc2cc(N)ccc2[C@@H]1c1c(F)cccc1Cl. The van der Waals surface area contributed by atoms with E-state index in [4.69, 9.17) is 27.8 Å². The van der Waals surface area contributed by atoms with Gasteiger partial charge < -0.3 is 16.2 Å². The molecular weight excluding hydrogens is 305 g/mol. The highest BCUT2D eigenvalue weighted by atomic mass is 35.5. The maximum absolute atomic E-state index is 14.3. The van der Waals surface area contributed by atoms with Gasteiger partial charge in [0.2, 0.25) is 5.88 Å². The van der Waals surface area contributed by atoms with Crippen LogP contribution in [0.2, 0.25) is 5.02 Å². The van der Waals surface area contributed by atoms with Crippen LogP contribution in [0.5, 0.6) is 5.75 Å². The summed E-state index contributed by atoms with van der Waals surface area (Å²) in [5, 5.41) is 9.61. The number of benzene rings is 2. The van der Waals surface area contributed by atoms with E-state index in [-0.39, 0.29) is 22.0 Å². The predicted molar refractivity (Wildman–Crippen MR) is 81.6 cm³/mol. The summed E-state index contributed by atoms with van der Waals surface area (Å²) in [4.78, 5) is 0. The average molecular weight is 316 g/mol. The number of rotatable bonds is 1. The molecule has 1 atom stereocenters. The molecule has 1 heterocycles. The van der Waals surface area contributed by atoms with Gasteiger partial charge >= 0.3 is 0 Å². The molecule has 0 radical (unpaired) electrons. The smallest absolute Gasteiger partial charge is 0.205 e. The van der Waals surface area contributed by atoms with Crippen molar-refractivity contribution >= 4 is 17.3 Å². The van der Waals surface area contributed by atoms with Gasteiger partial charge in [-0.15, -0.1) is 0 Å². The van der Waals surface area contributed by atoms with Crippen LogP contribution < -0.4 is 16.2 Å². The van der Waals surface area contributed by atoms with E-state index in [1.165, 1.54) is 12.1 Å². The van der Waals surface area contributed by atoms with Crippen molar-refractivity contribution in [2.45, 2.75) is 5.92 Å². The van der Waals surface area contributed by atoms with Crippen LogP contribution in [0.4, 0.5) is 10.1 Å². The van der Waals surface area contributed by atoms with Crippen LogP contribution in [0, 0.1) is 17.1 Å². The summed E-state index contributed by atoms with van der Waals surface area (Å²) in [6.07, 6.45) is 0. The van der Waals surface area contributed by atoms with E-state index in [2.05, 4.69) is 0 Å².